The number of ether oxygens (including phenoxy) is 1. The van der Waals surface area contributed by atoms with Gasteiger partial charge in [0, 0.05) is 31.0 Å². The lowest BCUT2D eigenvalue weighted by atomic mass is 10.0. The van der Waals surface area contributed by atoms with E-state index < -0.39 is 0 Å². The number of nitrogens with zero attached hydrogens (tertiary/aromatic N) is 2. The monoisotopic (exact) mass is 409 g/mol. The maximum absolute atomic E-state index is 12.7. The highest BCUT2D eigenvalue weighted by molar-refractivity contribution is 5.95. The van der Waals surface area contributed by atoms with Crippen LogP contribution in [0.3, 0.4) is 0 Å². The Hall–Kier alpha value is -2.86. The molecule has 1 heterocycles. The molecule has 0 saturated carbocycles. The Morgan fingerprint density at radius 1 is 1.07 bits per heavy atom. The molecule has 0 bridgehead atoms. The van der Waals surface area contributed by atoms with E-state index in [4.69, 9.17) is 4.74 Å². The molecule has 1 aliphatic rings. The third-order valence-electron chi connectivity index (χ3n) is 5.44. The Morgan fingerprint density at radius 2 is 1.77 bits per heavy atom. The number of hydrogen-bond donors (Lipinski definition) is 1. The van der Waals surface area contributed by atoms with Crippen molar-refractivity contribution in [1.82, 2.24) is 4.90 Å². The molecule has 0 atom stereocenters. The highest BCUT2D eigenvalue weighted by Crippen LogP contribution is 2.19. The van der Waals surface area contributed by atoms with Gasteiger partial charge >= 0.3 is 0 Å². The minimum absolute atomic E-state index is 0.0379. The molecule has 2 amide bonds. The molecule has 2 aromatic carbocycles. The number of aryl methyl sites for hydroxylation is 2. The molecular weight excluding hydrogens is 378 g/mol. The van der Waals surface area contributed by atoms with Crippen molar-refractivity contribution in [3.8, 4) is 0 Å². The summed E-state index contributed by atoms with van der Waals surface area (Å²) in [6.45, 7) is 9.68. The molecular formula is C24H31N3O3. The SMILES string of the molecule is CCN(CC(=O)Nc1ccc(N2CCOCC2)cc1)C(=O)Cc1cc(C)ccc1C. The Labute approximate surface area is 178 Å². The van der Waals surface area contributed by atoms with Gasteiger partial charge in [-0.05, 0) is 56.2 Å². The van der Waals surface area contributed by atoms with Crippen LogP contribution in [0, 0.1) is 13.8 Å². The van der Waals surface area contributed by atoms with E-state index >= 15 is 0 Å². The molecule has 0 spiro atoms. The second kappa shape index (κ2) is 10.3. The maximum atomic E-state index is 12.7. The first kappa shape index (κ1) is 21.8. The average Bonchev–Trinajstić information content (AvgIpc) is 2.75. The summed E-state index contributed by atoms with van der Waals surface area (Å²) in [5.74, 6) is -0.227. The van der Waals surface area contributed by atoms with Crippen LogP contribution >= 0.6 is 0 Å². The van der Waals surface area contributed by atoms with Crippen molar-refractivity contribution >= 4 is 23.2 Å². The number of nitrogens with one attached hydrogen (secondary N) is 1. The first-order valence-electron chi connectivity index (χ1n) is 10.5. The number of amides is 2. The molecule has 1 fully saturated rings. The molecule has 2 aromatic rings. The van der Waals surface area contributed by atoms with Gasteiger partial charge in [0.2, 0.25) is 11.8 Å². The van der Waals surface area contributed by atoms with Crippen molar-refractivity contribution in [2.24, 2.45) is 0 Å². The Balaban J connectivity index is 1.55. The average molecular weight is 410 g/mol. The third kappa shape index (κ3) is 5.83. The van der Waals surface area contributed by atoms with Crippen molar-refractivity contribution in [3.05, 3.63) is 59.2 Å². The molecule has 0 aromatic heterocycles. The second-order valence-electron chi connectivity index (χ2n) is 7.71. The fourth-order valence-electron chi connectivity index (χ4n) is 3.59. The van der Waals surface area contributed by atoms with Crippen molar-refractivity contribution < 1.29 is 14.3 Å². The highest BCUT2D eigenvalue weighted by Gasteiger charge is 2.17. The van der Waals surface area contributed by atoms with E-state index in [9.17, 15) is 9.59 Å². The van der Waals surface area contributed by atoms with Crippen molar-refractivity contribution in [3.63, 3.8) is 0 Å². The summed E-state index contributed by atoms with van der Waals surface area (Å²) in [5.41, 5.74) is 5.09. The van der Waals surface area contributed by atoms with Crippen LogP contribution in [-0.4, -0.2) is 56.1 Å². The van der Waals surface area contributed by atoms with E-state index in [0.29, 0.717) is 13.0 Å². The first-order chi connectivity index (χ1) is 14.5. The summed E-state index contributed by atoms with van der Waals surface area (Å²) in [4.78, 5) is 29.1. The van der Waals surface area contributed by atoms with Gasteiger partial charge in [0.25, 0.3) is 0 Å². The molecule has 1 aliphatic heterocycles. The standard InChI is InChI=1S/C24H31N3O3/c1-4-26(24(29)16-20-15-18(2)5-6-19(20)3)17-23(28)25-21-7-9-22(10-8-21)27-11-13-30-14-12-27/h5-10,15H,4,11-14,16-17H2,1-3H3,(H,25,28). The fraction of sp³-hybridized carbons (Fsp3) is 0.417. The molecule has 160 valence electrons. The van der Waals surface area contributed by atoms with Crippen LogP contribution in [0.2, 0.25) is 0 Å². The van der Waals surface area contributed by atoms with Gasteiger partial charge in [0.1, 0.15) is 0 Å². The number of likely N-dealkylation sites (N-methyl/N-ethyl adjacent to an activating group) is 1. The molecule has 0 radical (unpaired) electrons. The maximum Gasteiger partial charge on any atom is 0.243 e. The Bertz CT molecular complexity index is 874. The van der Waals surface area contributed by atoms with Gasteiger partial charge in [-0.1, -0.05) is 23.8 Å². The highest BCUT2D eigenvalue weighted by atomic mass is 16.5. The summed E-state index contributed by atoms with van der Waals surface area (Å²) < 4.78 is 5.38. The lowest BCUT2D eigenvalue weighted by molar-refractivity contribution is -0.133. The molecule has 0 aliphatic carbocycles. The fourth-order valence-corrected chi connectivity index (χ4v) is 3.59. The quantitative estimate of drug-likeness (QED) is 0.763. The minimum atomic E-state index is -0.190. The lowest BCUT2D eigenvalue weighted by Crippen LogP contribution is -2.38. The summed E-state index contributed by atoms with van der Waals surface area (Å²) >= 11 is 0. The Morgan fingerprint density at radius 3 is 2.43 bits per heavy atom. The number of carbonyl (C=O) groups excluding carboxylic acids is 2. The first-order valence-corrected chi connectivity index (χ1v) is 10.5. The predicted octanol–water partition coefficient (Wildman–Crippen LogP) is 3.17. The molecule has 6 heteroatoms. The van der Waals surface area contributed by atoms with Crippen LogP contribution in [-0.2, 0) is 20.7 Å². The zero-order chi connectivity index (χ0) is 21.5. The number of benzene rings is 2. The predicted molar refractivity (Wildman–Crippen MR) is 120 cm³/mol. The van der Waals surface area contributed by atoms with E-state index in [1.165, 1.54) is 0 Å². The minimum Gasteiger partial charge on any atom is -0.378 e. The van der Waals surface area contributed by atoms with Crippen LogP contribution in [0.4, 0.5) is 11.4 Å². The van der Waals surface area contributed by atoms with Crippen LogP contribution in [0.25, 0.3) is 0 Å². The van der Waals surface area contributed by atoms with Gasteiger partial charge < -0.3 is 19.9 Å². The van der Waals surface area contributed by atoms with E-state index in [1.54, 1.807) is 4.90 Å². The smallest absolute Gasteiger partial charge is 0.243 e. The zero-order valence-electron chi connectivity index (χ0n) is 18.1. The molecule has 0 unspecified atom stereocenters. The normalized spacial score (nSPS) is 13.8. The number of carbonyl (C=O) groups is 2. The van der Waals surface area contributed by atoms with Crippen molar-refractivity contribution in [1.29, 1.82) is 0 Å². The number of rotatable bonds is 7. The number of anilines is 2. The molecule has 1 N–H and O–H groups in total. The summed E-state index contributed by atoms with van der Waals surface area (Å²) in [6.07, 6.45) is 0.308. The van der Waals surface area contributed by atoms with Gasteiger partial charge in [0.05, 0.1) is 26.2 Å². The summed E-state index contributed by atoms with van der Waals surface area (Å²) in [7, 11) is 0. The topological polar surface area (TPSA) is 61.9 Å². The van der Waals surface area contributed by atoms with Crippen molar-refractivity contribution in [2.45, 2.75) is 27.2 Å². The second-order valence-corrected chi connectivity index (χ2v) is 7.71. The van der Waals surface area contributed by atoms with Crippen LogP contribution < -0.4 is 10.2 Å². The van der Waals surface area contributed by atoms with Gasteiger partial charge in [-0.2, -0.15) is 0 Å². The van der Waals surface area contributed by atoms with E-state index in [1.807, 2.05) is 63.2 Å². The largest absolute Gasteiger partial charge is 0.378 e. The van der Waals surface area contributed by atoms with Gasteiger partial charge in [-0.25, -0.2) is 0 Å². The van der Waals surface area contributed by atoms with E-state index in [-0.39, 0.29) is 18.4 Å². The van der Waals surface area contributed by atoms with Gasteiger partial charge in [-0.3, -0.25) is 9.59 Å². The van der Waals surface area contributed by atoms with Crippen LogP contribution in [0.5, 0.6) is 0 Å². The van der Waals surface area contributed by atoms with Gasteiger partial charge in [-0.15, -0.1) is 0 Å². The molecule has 30 heavy (non-hydrogen) atoms. The summed E-state index contributed by atoms with van der Waals surface area (Å²) in [6, 6.07) is 13.9. The van der Waals surface area contributed by atoms with E-state index in [2.05, 4.69) is 10.2 Å². The van der Waals surface area contributed by atoms with E-state index in [0.717, 1.165) is 54.4 Å². The van der Waals surface area contributed by atoms with Crippen LogP contribution in [0.1, 0.15) is 23.6 Å². The Kier molecular flexibility index (Phi) is 7.46. The molecule has 1 saturated heterocycles. The third-order valence-corrected chi connectivity index (χ3v) is 5.44. The molecule has 3 rings (SSSR count). The number of morpholine rings is 1. The van der Waals surface area contributed by atoms with Crippen molar-refractivity contribution in [2.75, 3.05) is 49.6 Å². The van der Waals surface area contributed by atoms with Crippen LogP contribution in [0.15, 0.2) is 42.5 Å². The summed E-state index contributed by atoms with van der Waals surface area (Å²) in [5, 5.41) is 2.90. The van der Waals surface area contributed by atoms with Gasteiger partial charge in [0.15, 0.2) is 0 Å². The zero-order valence-corrected chi connectivity index (χ0v) is 18.1. The number of hydrogen-bond acceptors (Lipinski definition) is 4. The lowest BCUT2D eigenvalue weighted by Gasteiger charge is -2.29. The molecule has 6 nitrogen and oxygen atoms in total.